The summed E-state index contributed by atoms with van der Waals surface area (Å²) in [7, 11) is 0. The van der Waals surface area contributed by atoms with Crippen LogP contribution in [-0.4, -0.2) is 24.5 Å². The van der Waals surface area contributed by atoms with E-state index in [0.29, 0.717) is 5.92 Å². The maximum atomic E-state index is 13.9. The first kappa shape index (κ1) is 14.0. The lowest BCUT2D eigenvalue weighted by Crippen LogP contribution is -2.37. The Balaban J connectivity index is 2.05. The van der Waals surface area contributed by atoms with E-state index in [1.807, 2.05) is 12.1 Å². The quantitative estimate of drug-likeness (QED) is 0.927. The fourth-order valence-corrected chi connectivity index (χ4v) is 2.95. The molecule has 100 valence electrons. The number of hydrogen-bond donors (Lipinski definition) is 1. The molecule has 2 nitrogen and oxygen atoms in total. The maximum absolute atomic E-state index is 13.9. The minimum atomic E-state index is -0.127. The van der Waals surface area contributed by atoms with E-state index in [1.165, 1.54) is 0 Å². The second kappa shape index (κ2) is 6.13. The van der Waals surface area contributed by atoms with Crippen LogP contribution in [0.1, 0.15) is 31.4 Å². The van der Waals surface area contributed by atoms with E-state index in [4.69, 9.17) is 5.73 Å². The molecule has 1 aromatic rings. The number of benzene rings is 1. The molecule has 1 aliphatic rings. The molecule has 0 amide bonds. The lowest BCUT2D eigenvalue weighted by molar-refractivity contribution is 0.141. The van der Waals surface area contributed by atoms with Gasteiger partial charge in [0, 0.05) is 16.1 Å². The smallest absolute Gasteiger partial charge is 0.129 e. The Labute approximate surface area is 116 Å². The number of nitrogens with zero attached hydrogens (tertiary/aromatic N) is 1. The predicted molar refractivity (Wildman–Crippen MR) is 75.9 cm³/mol. The number of nitrogens with two attached hydrogens (primary N) is 1. The summed E-state index contributed by atoms with van der Waals surface area (Å²) in [4.78, 5) is 2.35. The van der Waals surface area contributed by atoms with Gasteiger partial charge in [-0.25, -0.2) is 4.39 Å². The Bertz CT molecular complexity index is 403. The molecule has 1 unspecified atom stereocenters. The van der Waals surface area contributed by atoms with Crippen LogP contribution in [0.5, 0.6) is 0 Å². The predicted octanol–water partition coefficient (Wildman–Crippen LogP) is 3.32. The van der Waals surface area contributed by atoms with Crippen LogP contribution < -0.4 is 5.73 Å². The molecule has 0 radical (unpaired) electrons. The van der Waals surface area contributed by atoms with E-state index in [0.717, 1.165) is 42.5 Å². The van der Waals surface area contributed by atoms with Crippen molar-refractivity contribution in [1.29, 1.82) is 0 Å². The van der Waals surface area contributed by atoms with Crippen LogP contribution in [0.3, 0.4) is 0 Å². The SMILES string of the molecule is CC(c1ccc(Br)cc1F)N1CCC(CN)CC1. The Kier molecular flexibility index (Phi) is 4.76. The van der Waals surface area contributed by atoms with Crippen molar-refractivity contribution in [3.63, 3.8) is 0 Å². The zero-order chi connectivity index (χ0) is 13.1. The summed E-state index contributed by atoms with van der Waals surface area (Å²) in [5, 5.41) is 0. The third-order valence-corrected chi connectivity index (χ3v) is 4.44. The molecule has 2 rings (SSSR count). The monoisotopic (exact) mass is 314 g/mol. The molecule has 0 spiro atoms. The third-order valence-electron chi connectivity index (χ3n) is 3.94. The molecule has 1 saturated heterocycles. The minimum Gasteiger partial charge on any atom is -0.330 e. The molecular formula is C14H20BrFN2. The Morgan fingerprint density at radius 3 is 2.67 bits per heavy atom. The molecule has 4 heteroatoms. The number of rotatable bonds is 3. The van der Waals surface area contributed by atoms with Crippen LogP contribution in [0, 0.1) is 11.7 Å². The van der Waals surface area contributed by atoms with Crippen molar-refractivity contribution in [2.24, 2.45) is 11.7 Å². The largest absolute Gasteiger partial charge is 0.330 e. The first-order chi connectivity index (χ1) is 8.61. The van der Waals surface area contributed by atoms with Crippen molar-refractivity contribution in [3.8, 4) is 0 Å². The molecule has 0 bridgehead atoms. The Morgan fingerprint density at radius 1 is 1.44 bits per heavy atom. The highest BCUT2D eigenvalue weighted by Crippen LogP contribution is 2.28. The molecule has 1 aliphatic heterocycles. The summed E-state index contributed by atoms with van der Waals surface area (Å²) >= 11 is 3.29. The number of halogens is 2. The van der Waals surface area contributed by atoms with Crippen molar-refractivity contribution in [1.82, 2.24) is 4.90 Å². The summed E-state index contributed by atoms with van der Waals surface area (Å²) < 4.78 is 14.7. The highest BCUT2D eigenvalue weighted by Gasteiger charge is 2.24. The van der Waals surface area contributed by atoms with Crippen molar-refractivity contribution in [2.45, 2.75) is 25.8 Å². The first-order valence-electron chi connectivity index (χ1n) is 6.51. The third kappa shape index (κ3) is 3.11. The lowest BCUT2D eigenvalue weighted by Gasteiger charge is -2.36. The van der Waals surface area contributed by atoms with E-state index in [9.17, 15) is 4.39 Å². The van der Waals surface area contributed by atoms with Gasteiger partial charge in [0.2, 0.25) is 0 Å². The highest BCUT2D eigenvalue weighted by molar-refractivity contribution is 9.10. The second-order valence-corrected chi connectivity index (χ2v) is 5.97. The Morgan fingerprint density at radius 2 is 2.11 bits per heavy atom. The molecule has 1 atom stereocenters. The molecule has 1 heterocycles. The van der Waals surface area contributed by atoms with Crippen molar-refractivity contribution >= 4 is 15.9 Å². The zero-order valence-corrected chi connectivity index (χ0v) is 12.3. The van der Waals surface area contributed by atoms with Gasteiger partial charge in [-0.15, -0.1) is 0 Å². The van der Waals surface area contributed by atoms with Crippen LogP contribution in [0.4, 0.5) is 4.39 Å². The van der Waals surface area contributed by atoms with Gasteiger partial charge in [0.15, 0.2) is 0 Å². The van der Waals surface area contributed by atoms with Crippen LogP contribution in [-0.2, 0) is 0 Å². The van der Waals surface area contributed by atoms with Crippen LogP contribution in [0.25, 0.3) is 0 Å². The van der Waals surface area contributed by atoms with Gasteiger partial charge in [-0.2, -0.15) is 0 Å². The summed E-state index contributed by atoms with van der Waals surface area (Å²) in [6.45, 7) is 4.88. The molecule has 0 aliphatic carbocycles. The normalized spacial score (nSPS) is 20.0. The van der Waals surface area contributed by atoms with Crippen LogP contribution in [0.15, 0.2) is 22.7 Å². The fourth-order valence-electron chi connectivity index (χ4n) is 2.61. The van der Waals surface area contributed by atoms with Crippen LogP contribution in [0.2, 0.25) is 0 Å². The lowest BCUT2D eigenvalue weighted by atomic mass is 9.95. The van der Waals surface area contributed by atoms with Crippen molar-refractivity contribution in [2.75, 3.05) is 19.6 Å². The molecule has 0 saturated carbocycles. The molecular weight excluding hydrogens is 295 g/mol. The number of likely N-dealkylation sites (tertiary alicyclic amines) is 1. The minimum absolute atomic E-state index is 0.127. The van der Waals surface area contributed by atoms with Gasteiger partial charge in [-0.1, -0.05) is 22.0 Å². The van der Waals surface area contributed by atoms with E-state index >= 15 is 0 Å². The van der Waals surface area contributed by atoms with Gasteiger partial charge in [0.1, 0.15) is 5.82 Å². The van der Waals surface area contributed by atoms with E-state index in [1.54, 1.807) is 6.07 Å². The molecule has 2 N–H and O–H groups in total. The standard InChI is InChI=1S/C14H20BrFN2/c1-10(13-3-2-12(15)8-14(13)16)18-6-4-11(9-17)5-7-18/h2-3,8,10-11H,4-7,9,17H2,1H3. The average Bonchev–Trinajstić information content (AvgIpc) is 2.38. The van der Waals surface area contributed by atoms with Crippen LogP contribution >= 0.6 is 15.9 Å². The van der Waals surface area contributed by atoms with Gasteiger partial charge in [0.05, 0.1) is 0 Å². The average molecular weight is 315 g/mol. The maximum Gasteiger partial charge on any atom is 0.129 e. The Hall–Kier alpha value is -0.450. The zero-order valence-electron chi connectivity index (χ0n) is 10.7. The van der Waals surface area contributed by atoms with Crippen molar-refractivity contribution in [3.05, 3.63) is 34.1 Å². The molecule has 1 fully saturated rings. The van der Waals surface area contributed by atoms with E-state index < -0.39 is 0 Å². The fraction of sp³-hybridized carbons (Fsp3) is 0.571. The summed E-state index contributed by atoms with van der Waals surface area (Å²) in [5.41, 5.74) is 6.47. The molecule has 1 aromatic carbocycles. The summed E-state index contributed by atoms with van der Waals surface area (Å²) in [6.07, 6.45) is 2.25. The second-order valence-electron chi connectivity index (χ2n) is 5.06. The van der Waals surface area contributed by atoms with Gasteiger partial charge in [-0.05, 0) is 57.5 Å². The van der Waals surface area contributed by atoms with Gasteiger partial charge in [0.25, 0.3) is 0 Å². The summed E-state index contributed by atoms with van der Waals surface area (Å²) in [6, 6.07) is 5.45. The van der Waals surface area contributed by atoms with Gasteiger partial charge in [-0.3, -0.25) is 4.90 Å². The first-order valence-corrected chi connectivity index (χ1v) is 7.30. The van der Waals surface area contributed by atoms with Gasteiger partial charge < -0.3 is 5.73 Å². The molecule has 18 heavy (non-hydrogen) atoms. The number of piperidine rings is 1. The van der Waals surface area contributed by atoms with Crippen molar-refractivity contribution < 1.29 is 4.39 Å². The highest BCUT2D eigenvalue weighted by atomic mass is 79.9. The van der Waals surface area contributed by atoms with E-state index in [2.05, 4.69) is 27.8 Å². The summed E-state index contributed by atoms with van der Waals surface area (Å²) in [5.74, 6) is 0.515. The number of hydrogen-bond acceptors (Lipinski definition) is 2. The topological polar surface area (TPSA) is 29.3 Å². The van der Waals surface area contributed by atoms with E-state index in [-0.39, 0.29) is 11.9 Å². The van der Waals surface area contributed by atoms with Gasteiger partial charge >= 0.3 is 0 Å². The molecule has 0 aromatic heterocycles.